The first-order valence-electron chi connectivity index (χ1n) is 11.6. The lowest BCUT2D eigenvalue weighted by molar-refractivity contribution is -0.137. The average molecular weight is 512 g/mol. The highest BCUT2D eigenvalue weighted by atomic mass is 35.5. The van der Waals surface area contributed by atoms with Crippen LogP contribution in [0.1, 0.15) is 34.0 Å². The molecule has 0 radical (unpaired) electrons. The number of nitrogens with zero attached hydrogens (tertiary/aromatic N) is 1. The van der Waals surface area contributed by atoms with Crippen molar-refractivity contribution in [2.75, 3.05) is 20.2 Å². The lowest BCUT2D eigenvalue weighted by atomic mass is 9.91. The summed E-state index contributed by atoms with van der Waals surface area (Å²) in [5.74, 6) is -1.06. The molecule has 0 spiro atoms. The summed E-state index contributed by atoms with van der Waals surface area (Å²) in [7, 11) is 1.49. The molecule has 1 amide bonds. The minimum Gasteiger partial charge on any atom is -0.493 e. The number of rotatable bonds is 9. The van der Waals surface area contributed by atoms with Crippen LogP contribution in [0, 0.1) is 5.82 Å². The number of amides is 1. The largest absolute Gasteiger partial charge is 0.493 e. The topological polar surface area (TPSA) is 76.1 Å². The van der Waals surface area contributed by atoms with E-state index in [2.05, 4.69) is 0 Å². The van der Waals surface area contributed by atoms with Crippen molar-refractivity contribution in [1.82, 2.24) is 4.90 Å². The van der Waals surface area contributed by atoms with Gasteiger partial charge in [0.1, 0.15) is 18.0 Å². The van der Waals surface area contributed by atoms with Crippen LogP contribution in [0.4, 0.5) is 4.39 Å². The van der Waals surface area contributed by atoms with Gasteiger partial charge in [0.15, 0.2) is 11.5 Å². The van der Waals surface area contributed by atoms with Gasteiger partial charge in [-0.3, -0.25) is 9.59 Å². The van der Waals surface area contributed by atoms with Crippen LogP contribution in [-0.2, 0) is 24.1 Å². The van der Waals surface area contributed by atoms with Crippen molar-refractivity contribution >= 4 is 23.5 Å². The molecule has 0 saturated carbocycles. The maximum Gasteiger partial charge on any atom is 0.323 e. The first-order chi connectivity index (χ1) is 17.2. The van der Waals surface area contributed by atoms with E-state index in [1.807, 2.05) is 37.3 Å². The molecular formula is C28H27ClFNO5. The van der Waals surface area contributed by atoms with Crippen LogP contribution in [0.5, 0.6) is 11.5 Å². The van der Waals surface area contributed by atoms with Crippen molar-refractivity contribution in [2.24, 2.45) is 0 Å². The van der Waals surface area contributed by atoms with Crippen molar-refractivity contribution in [2.45, 2.75) is 31.8 Å². The second-order valence-electron chi connectivity index (χ2n) is 9.18. The SMILES string of the molecule is COc1cc(C(=O)N(CCc2ccccc2)CC(=O)O)cc2c1OC(C)(Cc1ccc(Cl)c(F)c1)C2. The second-order valence-corrected chi connectivity index (χ2v) is 9.58. The van der Waals surface area contributed by atoms with Gasteiger partial charge in [0.25, 0.3) is 5.91 Å². The second kappa shape index (κ2) is 10.6. The van der Waals surface area contributed by atoms with Gasteiger partial charge in [0.2, 0.25) is 0 Å². The molecular weight excluding hydrogens is 485 g/mol. The lowest BCUT2D eigenvalue weighted by Crippen LogP contribution is -2.37. The molecule has 1 N–H and O–H groups in total. The van der Waals surface area contributed by atoms with Gasteiger partial charge in [-0.25, -0.2) is 4.39 Å². The molecule has 0 aliphatic carbocycles. The standard InChI is InChI=1S/C28H27ClFNO5/c1-28(15-19-8-9-22(29)23(30)12-19)16-21-13-20(14-24(35-2)26(21)36-28)27(34)31(17-25(32)33)11-10-18-6-4-3-5-7-18/h3-9,12-14H,10-11,15-17H2,1-2H3,(H,32,33). The molecule has 3 aromatic carbocycles. The highest BCUT2D eigenvalue weighted by molar-refractivity contribution is 6.30. The first-order valence-corrected chi connectivity index (χ1v) is 11.9. The van der Waals surface area contributed by atoms with Gasteiger partial charge in [-0.1, -0.05) is 48.0 Å². The normalized spacial score (nSPS) is 16.2. The molecule has 8 heteroatoms. The minimum absolute atomic E-state index is 0.0579. The van der Waals surface area contributed by atoms with Gasteiger partial charge in [-0.05, 0) is 48.7 Å². The number of carbonyl (C=O) groups excluding carboxylic acids is 1. The number of carboxylic acids is 1. The summed E-state index contributed by atoms with van der Waals surface area (Å²) < 4.78 is 25.7. The average Bonchev–Trinajstić information content (AvgIpc) is 3.19. The van der Waals surface area contributed by atoms with Crippen molar-refractivity contribution in [3.8, 4) is 11.5 Å². The lowest BCUT2D eigenvalue weighted by Gasteiger charge is -2.24. The van der Waals surface area contributed by atoms with E-state index in [1.165, 1.54) is 24.1 Å². The molecule has 0 bridgehead atoms. The summed E-state index contributed by atoms with van der Waals surface area (Å²) >= 11 is 5.81. The van der Waals surface area contributed by atoms with E-state index in [-0.39, 0.29) is 11.6 Å². The van der Waals surface area contributed by atoms with Crippen molar-refractivity contribution in [3.63, 3.8) is 0 Å². The predicted octanol–water partition coefficient (Wildman–Crippen LogP) is 5.19. The number of ether oxygens (including phenoxy) is 2. The van der Waals surface area contributed by atoms with Gasteiger partial charge in [-0.15, -0.1) is 0 Å². The number of fused-ring (bicyclic) bond motifs is 1. The fourth-order valence-electron chi connectivity index (χ4n) is 4.55. The molecule has 1 atom stereocenters. The summed E-state index contributed by atoms with van der Waals surface area (Å²) in [6.45, 7) is 1.75. The Bertz CT molecular complexity index is 1280. The third-order valence-corrected chi connectivity index (χ3v) is 6.51. The zero-order chi connectivity index (χ0) is 25.9. The number of carboxylic acid groups (broad SMARTS) is 1. The molecule has 1 heterocycles. The Morgan fingerprint density at radius 3 is 2.56 bits per heavy atom. The van der Waals surface area contributed by atoms with E-state index in [1.54, 1.807) is 18.2 Å². The van der Waals surface area contributed by atoms with E-state index in [9.17, 15) is 19.1 Å². The Balaban J connectivity index is 1.57. The summed E-state index contributed by atoms with van der Waals surface area (Å²) in [4.78, 5) is 26.2. The van der Waals surface area contributed by atoms with Crippen LogP contribution in [0.3, 0.4) is 0 Å². The van der Waals surface area contributed by atoms with Crippen molar-refractivity contribution in [1.29, 1.82) is 0 Å². The van der Waals surface area contributed by atoms with E-state index in [0.717, 1.165) is 16.7 Å². The van der Waals surface area contributed by atoms with Gasteiger partial charge in [-0.2, -0.15) is 0 Å². The molecule has 6 nitrogen and oxygen atoms in total. The first kappa shape index (κ1) is 25.5. The number of aliphatic carboxylic acids is 1. The third-order valence-electron chi connectivity index (χ3n) is 6.20. The van der Waals surface area contributed by atoms with Gasteiger partial charge in [0.05, 0.1) is 12.1 Å². The van der Waals surface area contributed by atoms with Crippen LogP contribution in [-0.4, -0.2) is 47.7 Å². The Kier molecular flexibility index (Phi) is 7.50. The Morgan fingerprint density at radius 1 is 1.14 bits per heavy atom. The summed E-state index contributed by atoms with van der Waals surface area (Å²) in [5, 5.41) is 9.46. The van der Waals surface area contributed by atoms with E-state index in [4.69, 9.17) is 21.1 Å². The molecule has 1 aliphatic heterocycles. The van der Waals surface area contributed by atoms with E-state index in [0.29, 0.717) is 36.3 Å². The quantitative estimate of drug-likeness (QED) is 0.427. The maximum absolute atomic E-state index is 14.0. The summed E-state index contributed by atoms with van der Waals surface area (Å²) in [5.41, 5.74) is 2.15. The molecule has 0 saturated heterocycles. The highest BCUT2D eigenvalue weighted by Gasteiger charge is 2.38. The fourth-order valence-corrected chi connectivity index (χ4v) is 4.67. The van der Waals surface area contributed by atoms with Crippen molar-refractivity contribution < 1.29 is 28.6 Å². The number of halogens is 2. The van der Waals surface area contributed by atoms with E-state index >= 15 is 0 Å². The Labute approximate surface area is 214 Å². The molecule has 188 valence electrons. The molecule has 1 aliphatic rings. The number of hydrogen-bond donors (Lipinski definition) is 1. The molecule has 0 aromatic heterocycles. The van der Waals surface area contributed by atoms with Crippen LogP contribution >= 0.6 is 11.6 Å². The third kappa shape index (κ3) is 5.79. The molecule has 0 fully saturated rings. The minimum atomic E-state index is -1.09. The van der Waals surface area contributed by atoms with Gasteiger partial charge in [0, 0.05) is 30.5 Å². The van der Waals surface area contributed by atoms with Gasteiger partial charge >= 0.3 is 5.97 Å². The molecule has 4 rings (SSSR count). The number of methoxy groups -OCH3 is 1. The zero-order valence-electron chi connectivity index (χ0n) is 20.1. The Morgan fingerprint density at radius 2 is 1.89 bits per heavy atom. The Hall–Kier alpha value is -3.58. The molecule has 1 unspecified atom stereocenters. The van der Waals surface area contributed by atoms with Crippen molar-refractivity contribution in [3.05, 3.63) is 93.8 Å². The smallest absolute Gasteiger partial charge is 0.323 e. The van der Waals surface area contributed by atoms with Crippen LogP contribution in [0.15, 0.2) is 60.7 Å². The monoisotopic (exact) mass is 511 g/mol. The van der Waals surface area contributed by atoms with Crippen LogP contribution in [0.25, 0.3) is 0 Å². The maximum atomic E-state index is 14.0. The number of carbonyl (C=O) groups is 2. The summed E-state index contributed by atoms with van der Waals surface area (Å²) in [6, 6.07) is 17.5. The fraction of sp³-hybridized carbons (Fsp3) is 0.286. The molecule has 3 aromatic rings. The highest BCUT2D eigenvalue weighted by Crippen LogP contribution is 2.44. The van der Waals surface area contributed by atoms with Crippen LogP contribution < -0.4 is 9.47 Å². The zero-order valence-corrected chi connectivity index (χ0v) is 20.8. The molecule has 36 heavy (non-hydrogen) atoms. The predicted molar refractivity (Wildman–Crippen MR) is 135 cm³/mol. The van der Waals surface area contributed by atoms with Gasteiger partial charge < -0.3 is 19.5 Å². The number of benzene rings is 3. The number of hydrogen-bond acceptors (Lipinski definition) is 4. The summed E-state index contributed by atoms with van der Waals surface area (Å²) in [6.07, 6.45) is 1.41. The van der Waals surface area contributed by atoms with E-state index < -0.39 is 29.8 Å². The van der Waals surface area contributed by atoms with Crippen LogP contribution in [0.2, 0.25) is 5.02 Å².